The first-order chi connectivity index (χ1) is 11.9. The summed E-state index contributed by atoms with van der Waals surface area (Å²) in [5.41, 5.74) is 2.63. The summed E-state index contributed by atoms with van der Waals surface area (Å²) in [4.78, 5) is 4.00. The van der Waals surface area contributed by atoms with Gasteiger partial charge in [0, 0.05) is 30.7 Å². The van der Waals surface area contributed by atoms with Crippen molar-refractivity contribution >= 4 is 10.0 Å². The van der Waals surface area contributed by atoms with Crippen molar-refractivity contribution < 1.29 is 12.8 Å². The molecule has 0 aliphatic rings. The molecule has 0 amide bonds. The van der Waals surface area contributed by atoms with E-state index in [-0.39, 0.29) is 10.7 Å². The lowest BCUT2D eigenvalue weighted by atomic mass is 10.1. The van der Waals surface area contributed by atoms with Crippen LogP contribution in [0.1, 0.15) is 11.1 Å². The molecule has 0 spiro atoms. The number of benzene rings is 1. The Morgan fingerprint density at radius 2 is 2.04 bits per heavy atom. The zero-order chi connectivity index (χ0) is 18.0. The standard InChI is InChI=1S/C18H18FN3O2S/c1-13-8-15(19)5-6-17(13)18-9-14(10-20-2)12-22(18)25(23,24)16-4-3-7-21-11-16/h3-9,11-12,20H,10H2,1-2H3. The average molecular weight is 359 g/mol. The van der Waals surface area contributed by atoms with E-state index in [1.165, 1.54) is 34.6 Å². The van der Waals surface area contributed by atoms with E-state index in [4.69, 9.17) is 0 Å². The van der Waals surface area contributed by atoms with E-state index < -0.39 is 10.0 Å². The van der Waals surface area contributed by atoms with E-state index in [1.807, 2.05) is 0 Å². The normalized spacial score (nSPS) is 11.6. The van der Waals surface area contributed by atoms with Crippen LogP contribution in [0, 0.1) is 12.7 Å². The number of aromatic nitrogens is 2. The van der Waals surface area contributed by atoms with Crippen LogP contribution >= 0.6 is 0 Å². The maximum atomic E-state index is 13.4. The molecule has 0 radical (unpaired) electrons. The van der Waals surface area contributed by atoms with Gasteiger partial charge in [0.15, 0.2) is 0 Å². The quantitative estimate of drug-likeness (QED) is 0.761. The number of pyridine rings is 1. The fraction of sp³-hybridized carbons (Fsp3) is 0.167. The largest absolute Gasteiger partial charge is 0.316 e. The molecule has 0 saturated carbocycles. The molecular formula is C18H18FN3O2S. The lowest BCUT2D eigenvalue weighted by Crippen LogP contribution is -2.14. The van der Waals surface area contributed by atoms with Crippen molar-refractivity contribution in [3.8, 4) is 11.3 Å². The molecule has 130 valence electrons. The molecule has 0 fully saturated rings. The predicted molar refractivity (Wildman–Crippen MR) is 94.1 cm³/mol. The van der Waals surface area contributed by atoms with Gasteiger partial charge in [-0.1, -0.05) is 0 Å². The Bertz CT molecular complexity index is 998. The molecule has 0 saturated heterocycles. The summed E-state index contributed by atoms with van der Waals surface area (Å²) in [5, 5.41) is 3.01. The molecule has 0 aliphatic heterocycles. The third-order valence-electron chi connectivity index (χ3n) is 3.88. The minimum absolute atomic E-state index is 0.0997. The summed E-state index contributed by atoms with van der Waals surface area (Å²) in [7, 11) is -2.02. The highest BCUT2D eigenvalue weighted by Crippen LogP contribution is 2.29. The number of hydrogen-bond donors (Lipinski definition) is 1. The van der Waals surface area contributed by atoms with Crippen LogP contribution in [0.4, 0.5) is 4.39 Å². The van der Waals surface area contributed by atoms with Crippen molar-refractivity contribution in [1.29, 1.82) is 0 Å². The zero-order valence-corrected chi connectivity index (χ0v) is 14.7. The fourth-order valence-electron chi connectivity index (χ4n) is 2.72. The molecule has 0 atom stereocenters. The second-order valence-electron chi connectivity index (χ2n) is 5.71. The van der Waals surface area contributed by atoms with E-state index in [0.717, 1.165) is 5.56 Å². The first-order valence-corrected chi connectivity index (χ1v) is 9.15. The lowest BCUT2D eigenvalue weighted by molar-refractivity contribution is 0.587. The molecule has 3 aromatic rings. The highest BCUT2D eigenvalue weighted by Gasteiger charge is 2.22. The second-order valence-corrected chi connectivity index (χ2v) is 7.53. The van der Waals surface area contributed by atoms with Crippen LogP contribution in [-0.4, -0.2) is 24.4 Å². The van der Waals surface area contributed by atoms with Crippen LogP contribution in [0.15, 0.2) is 59.9 Å². The van der Waals surface area contributed by atoms with Gasteiger partial charge in [0.25, 0.3) is 10.0 Å². The minimum Gasteiger partial charge on any atom is -0.316 e. The van der Waals surface area contributed by atoms with Crippen molar-refractivity contribution in [3.05, 3.63) is 71.9 Å². The molecule has 5 nitrogen and oxygen atoms in total. The summed E-state index contributed by atoms with van der Waals surface area (Å²) >= 11 is 0. The maximum Gasteiger partial charge on any atom is 0.269 e. The SMILES string of the molecule is CNCc1cc(-c2ccc(F)cc2C)n(S(=O)(=O)c2cccnc2)c1. The monoisotopic (exact) mass is 359 g/mol. The van der Waals surface area contributed by atoms with Crippen LogP contribution in [0.2, 0.25) is 0 Å². The average Bonchev–Trinajstić information content (AvgIpc) is 3.00. The van der Waals surface area contributed by atoms with Gasteiger partial charge in [0.1, 0.15) is 10.7 Å². The van der Waals surface area contributed by atoms with Crippen molar-refractivity contribution in [2.45, 2.75) is 18.4 Å². The highest BCUT2D eigenvalue weighted by atomic mass is 32.2. The minimum atomic E-state index is -3.81. The number of rotatable bonds is 5. The molecule has 2 heterocycles. The van der Waals surface area contributed by atoms with Gasteiger partial charge in [0.2, 0.25) is 0 Å². The van der Waals surface area contributed by atoms with Gasteiger partial charge in [-0.25, -0.2) is 16.8 Å². The van der Waals surface area contributed by atoms with Gasteiger partial charge in [-0.3, -0.25) is 4.98 Å². The third kappa shape index (κ3) is 3.33. The summed E-state index contributed by atoms with van der Waals surface area (Å²) in [6.07, 6.45) is 4.41. The van der Waals surface area contributed by atoms with Gasteiger partial charge in [0.05, 0.1) is 5.69 Å². The zero-order valence-electron chi connectivity index (χ0n) is 13.9. The number of hydrogen-bond acceptors (Lipinski definition) is 4. The van der Waals surface area contributed by atoms with Gasteiger partial charge in [-0.2, -0.15) is 0 Å². The molecule has 0 unspecified atom stereocenters. The van der Waals surface area contributed by atoms with Crippen molar-refractivity contribution in [3.63, 3.8) is 0 Å². The molecule has 3 rings (SSSR count). The van der Waals surface area contributed by atoms with E-state index in [1.54, 1.807) is 38.4 Å². The molecule has 1 N–H and O–H groups in total. The molecule has 1 aromatic carbocycles. The Labute approximate surface area is 146 Å². The Balaban J connectivity index is 2.23. The molecular weight excluding hydrogens is 341 g/mol. The predicted octanol–water partition coefficient (Wildman–Crippen LogP) is 2.95. The van der Waals surface area contributed by atoms with Gasteiger partial charge in [-0.15, -0.1) is 0 Å². The lowest BCUT2D eigenvalue weighted by Gasteiger charge is -2.12. The van der Waals surface area contributed by atoms with E-state index in [9.17, 15) is 12.8 Å². The van der Waals surface area contributed by atoms with Crippen LogP contribution in [-0.2, 0) is 16.6 Å². The van der Waals surface area contributed by atoms with Crippen molar-refractivity contribution in [2.75, 3.05) is 7.05 Å². The molecule has 0 bridgehead atoms. The molecule has 0 aliphatic carbocycles. The first-order valence-electron chi connectivity index (χ1n) is 7.71. The fourth-order valence-corrected chi connectivity index (χ4v) is 4.08. The van der Waals surface area contributed by atoms with Gasteiger partial charge in [-0.05, 0) is 61.5 Å². The third-order valence-corrected chi connectivity index (χ3v) is 5.54. The highest BCUT2D eigenvalue weighted by molar-refractivity contribution is 7.90. The van der Waals surface area contributed by atoms with Gasteiger partial charge >= 0.3 is 0 Å². The van der Waals surface area contributed by atoms with E-state index in [2.05, 4.69) is 10.3 Å². The Morgan fingerprint density at radius 1 is 1.24 bits per heavy atom. The maximum absolute atomic E-state index is 13.4. The van der Waals surface area contributed by atoms with Crippen LogP contribution < -0.4 is 5.32 Å². The van der Waals surface area contributed by atoms with Gasteiger partial charge < -0.3 is 5.32 Å². The first kappa shape index (κ1) is 17.3. The number of nitrogens with zero attached hydrogens (tertiary/aromatic N) is 2. The second kappa shape index (κ2) is 6.78. The Hall–Kier alpha value is -2.51. The Kier molecular flexibility index (Phi) is 4.69. The molecule has 2 aromatic heterocycles. The number of nitrogens with one attached hydrogen (secondary N) is 1. The summed E-state index contributed by atoms with van der Waals surface area (Å²) in [5.74, 6) is -0.357. The van der Waals surface area contributed by atoms with Crippen molar-refractivity contribution in [2.24, 2.45) is 0 Å². The summed E-state index contributed by atoms with van der Waals surface area (Å²) in [6.45, 7) is 2.27. The summed E-state index contributed by atoms with van der Waals surface area (Å²) < 4.78 is 40.8. The number of aryl methyl sites for hydroxylation is 1. The Morgan fingerprint density at radius 3 is 2.68 bits per heavy atom. The van der Waals surface area contributed by atoms with Crippen LogP contribution in [0.25, 0.3) is 11.3 Å². The van der Waals surface area contributed by atoms with E-state index in [0.29, 0.717) is 23.4 Å². The van der Waals surface area contributed by atoms with Crippen molar-refractivity contribution in [1.82, 2.24) is 14.3 Å². The smallest absolute Gasteiger partial charge is 0.269 e. The number of halogens is 1. The summed E-state index contributed by atoms with van der Waals surface area (Å²) in [6, 6.07) is 9.19. The molecule has 25 heavy (non-hydrogen) atoms. The van der Waals surface area contributed by atoms with Crippen LogP contribution in [0.3, 0.4) is 0 Å². The topological polar surface area (TPSA) is 64.0 Å². The van der Waals surface area contributed by atoms with E-state index >= 15 is 0 Å². The molecule has 7 heteroatoms. The van der Waals surface area contributed by atoms with Crippen LogP contribution in [0.5, 0.6) is 0 Å².